The number of aryl methyl sites for hydroxylation is 1. The number of aromatic nitrogens is 3. The van der Waals surface area contributed by atoms with Crippen molar-refractivity contribution < 1.29 is 4.79 Å². The Kier molecular flexibility index (Phi) is 5.59. The topological polar surface area (TPSA) is 104 Å². The van der Waals surface area contributed by atoms with E-state index in [0.29, 0.717) is 29.4 Å². The zero-order chi connectivity index (χ0) is 23.1. The summed E-state index contributed by atoms with van der Waals surface area (Å²) in [5, 5.41) is 14.5. The Labute approximate surface area is 197 Å². The summed E-state index contributed by atoms with van der Waals surface area (Å²) in [5.74, 6) is 0.819. The van der Waals surface area contributed by atoms with Gasteiger partial charge in [-0.15, -0.1) is 0 Å². The smallest absolute Gasteiger partial charge is 0.256 e. The number of likely N-dealkylation sites (tertiary alicyclic amines) is 1. The van der Waals surface area contributed by atoms with Crippen molar-refractivity contribution in [3.05, 3.63) is 52.3 Å². The number of nitrogens with two attached hydrogens (primary N) is 1. The van der Waals surface area contributed by atoms with Crippen LogP contribution in [-0.2, 0) is 0 Å². The predicted octanol–water partition coefficient (Wildman–Crippen LogP) is 3.99. The second-order valence-corrected chi connectivity index (χ2v) is 9.36. The van der Waals surface area contributed by atoms with Gasteiger partial charge in [-0.1, -0.05) is 11.6 Å². The number of hydrogen-bond acceptors (Lipinski definition) is 6. The SMILES string of the molecule is Cc1cn2nc(C3CCCCN3C(=O)c3cc(Cl)ccc3N)cc2nc1N1CC[C@@H](C#N)C1. The molecule has 33 heavy (non-hydrogen) atoms. The number of fused-ring (bicyclic) bond motifs is 1. The maximum absolute atomic E-state index is 13.4. The second-order valence-electron chi connectivity index (χ2n) is 8.92. The lowest BCUT2D eigenvalue weighted by molar-refractivity contribution is 0.0607. The van der Waals surface area contributed by atoms with E-state index < -0.39 is 0 Å². The maximum Gasteiger partial charge on any atom is 0.256 e. The van der Waals surface area contributed by atoms with E-state index in [9.17, 15) is 10.1 Å². The first-order valence-corrected chi connectivity index (χ1v) is 11.7. The minimum absolute atomic E-state index is 0.0450. The highest BCUT2D eigenvalue weighted by molar-refractivity contribution is 6.31. The number of halogens is 1. The molecular formula is C24H26ClN7O. The lowest BCUT2D eigenvalue weighted by atomic mass is 9.98. The molecule has 2 aliphatic rings. The molecule has 0 bridgehead atoms. The van der Waals surface area contributed by atoms with Crippen LogP contribution in [0.25, 0.3) is 5.65 Å². The third kappa shape index (κ3) is 3.98. The third-order valence-electron chi connectivity index (χ3n) is 6.65. The number of nitrogens with zero attached hydrogens (tertiary/aromatic N) is 6. The molecule has 5 rings (SSSR count). The molecule has 8 nitrogen and oxygen atoms in total. The van der Waals surface area contributed by atoms with Gasteiger partial charge in [0.1, 0.15) is 5.82 Å². The van der Waals surface area contributed by atoms with Gasteiger partial charge in [-0.25, -0.2) is 9.50 Å². The Balaban J connectivity index is 1.47. The van der Waals surface area contributed by atoms with Gasteiger partial charge in [0.2, 0.25) is 0 Å². The van der Waals surface area contributed by atoms with Crippen LogP contribution in [0.2, 0.25) is 5.02 Å². The molecule has 9 heteroatoms. The Hall–Kier alpha value is -3.31. The highest BCUT2D eigenvalue weighted by atomic mass is 35.5. The van der Waals surface area contributed by atoms with E-state index in [4.69, 9.17) is 27.4 Å². The first-order chi connectivity index (χ1) is 15.9. The van der Waals surface area contributed by atoms with Gasteiger partial charge in [0.05, 0.1) is 29.3 Å². The highest BCUT2D eigenvalue weighted by Gasteiger charge is 2.32. The molecule has 0 saturated carbocycles. The van der Waals surface area contributed by atoms with Crippen molar-refractivity contribution in [3.63, 3.8) is 0 Å². The molecule has 2 atom stereocenters. The number of anilines is 2. The van der Waals surface area contributed by atoms with Crippen molar-refractivity contribution in [1.82, 2.24) is 19.5 Å². The molecule has 2 saturated heterocycles. The monoisotopic (exact) mass is 463 g/mol. The number of carbonyl (C=O) groups is 1. The van der Waals surface area contributed by atoms with E-state index in [2.05, 4.69) is 11.0 Å². The molecule has 1 unspecified atom stereocenters. The molecule has 2 aliphatic heterocycles. The van der Waals surface area contributed by atoms with E-state index in [1.807, 2.05) is 24.1 Å². The fourth-order valence-electron chi connectivity index (χ4n) is 4.91. The Bertz CT molecular complexity index is 1260. The number of nitrogen functional groups attached to an aromatic ring is 1. The summed E-state index contributed by atoms with van der Waals surface area (Å²) < 4.78 is 1.79. The van der Waals surface area contributed by atoms with Crippen molar-refractivity contribution in [2.75, 3.05) is 30.3 Å². The molecule has 1 amide bonds. The van der Waals surface area contributed by atoms with E-state index >= 15 is 0 Å². The summed E-state index contributed by atoms with van der Waals surface area (Å²) in [6.07, 6.45) is 5.63. The number of amides is 1. The fraction of sp³-hybridized carbons (Fsp3) is 0.417. The van der Waals surface area contributed by atoms with E-state index in [1.165, 1.54) is 0 Å². The van der Waals surface area contributed by atoms with Gasteiger partial charge in [0.15, 0.2) is 5.65 Å². The number of carbonyl (C=O) groups excluding carboxylic acids is 1. The quantitative estimate of drug-likeness (QED) is 0.589. The number of nitriles is 1. The summed E-state index contributed by atoms with van der Waals surface area (Å²) in [4.78, 5) is 22.3. The largest absolute Gasteiger partial charge is 0.398 e. The molecule has 2 aromatic heterocycles. The van der Waals surface area contributed by atoms with Crippen LogP contribution in [-0.4, -0.2) is 45.0 Å². The fourth-order valence-corrected chi connectivity index (χ4v) is 5.08. The molecule has 0 radical (unpaired) electrons. The lowest BCUT2D eigenvalue weighted by Gasteiger charge is -2.35. The van der Waals surface area contributed by atoms with E-state index in [0.717, 1.165) is 55.0 Å². The van der Waals surface area contributed by atoms with Gasteiger partial charge in [-0.2, -0.15) is 10.4 Å². The zero-order valence-electron chi connectivity index (χ0n) is 18.5. The van der Waals surface area contributed by atoms with Gasteiger partial charge in [-0.3, -0.25) is 4.79 Å². The Morgan fingerprint density at radius 3 is 2.88 bits per heavy atom. The summed E-state index contributed by atoms with van der Waals surface area (Å²) in [6.45, 7) is 4.19. The van der Waals surface area contributed by atoms with Crippen LogP contribution in [0.1, 0.15) is 53.3 Å². The van der Waals surface area contributed by atoms with Crippen LogP contribution < -0.4 is 10.6 Å². The molecule has 4 heterocycles. The van der Waals surface area contributed by atoms with E-state index in [1.54, 1.807) is 22.7 Å². The Morgan fingerprint density at radius 2 is 2.09 bits per heavy atom. The van der Waals surface area contributed by atoms with Gasteiger partial charge in [-0.05, 0) is 50.8 Å². The van der Waals surface area contributed by atoms with Crippen LogP contribution >= 0.6 is 11.6 Å². The number of piperidine rings is 1. The van der Waals surface area contributed by atoms with Crippen LogP contribution in [0.3, 0.4) is 0 Å². The molecular weight excluding hydrogens is 438 g/mol. The highest BCUT2D eigenvalue weighted by Crippen LogP contribution is 2.34. The molecule has 0 spiro atoms. The predicted molar refractivity (Wildman–Crippen MR) is 127 cm³/mol. The number of rotatable bonds is 3. The molecule has 0 aliphatic carbocycles. The Morgan fingerprint density at radius 1 is 1.24 bits per heavy atom. The first kappa shape index (κ1) is 21.5. The van der Waals surface area contributed by atoms with Crippen LogP contribution in [0, 0.1) is 24.2 Å². The number of hydrogen-bond donors (Lipinski definition) is 1. The van der Waals surface area contributed by atoms with Crippen molar-refractivity contribution in [3.8, 4) is 6.07 Å². The van der Waals surface area contributed by atoms with Crippen molar-refractivity contribution in [1.29, 1.82) is 5.26 Å². The first-order valence-electron chi connectivity index (χ1n) is 11.3. The molecule has 2 N–H and O–H groups in total. The van der Waals surface area contributed by atoms with Gasteiger partial charge in [0.25, 0.3) is 5.91 Å². The summed E-state index contributed by atoms with van der Waals surface area (Å²) in [6, 6.07) is 9.18. The summed E-state index contributed by atoms with van der Waals surface area (Å²) in [5.41, 5.74) is 9.52. The van der Waals surface area contributed by atoms with Gasteiger partial charge < -0.3 is 15.5 Å². The van der Waals surface area contributed by atoms with Gasteiger partial charge >= 0.3 is 0 Å². The van der Waals surface area contributed by atoms with Crippen molar-refractivity contribution >= 4 is 34.7 Å². The molecule has 170 valence electrons. The van der Waals surface area contributed by atoms with Crippen molar-refractivity contribution in [2.24, 2.45) is 5.92 Å². The normalized spacial score (nSPS) is 20.9. The second kappa shape index (κ2) is 8.56. The molecule has 2 fully saturated rings. The van der Waals surface area contributed by atoms with Crippen LogP contribution in [0.4, 0.5) is 11.5 Å². The standard InChI is InChI=1S/C24H26ClN7O/c1-15-13-32-22(28-23(15)30-9-7-16(12-26)14-30)11-20(29-32)21-4-2-3-8-31(21)24(33)18-10-17(25)5-6-19(18)27/h5-6,10-11,13,16,21H,2-4,7-9,14,27H2,1H3/t16-,21?/m0/s1. The maximum atomic E-state index is 13.4. The average Bonchev–Trinajstić information content (AvgIpc) is 3.46. The average molecular weight is 464 g/mol. The third-order valence-corrected chi connectivity index (χ3v) is 6.88. The molecule has 1 aromatic carbocycles. The minimum Gasteiger partial charge on any atom is -0.398 e. The van der Waals surface area contributed by atoms with E-state index in [-0.39, 0.29) is 17.9 Å². The number of benzene rings is 1. The summed E-state index contributed by atoms with van der Waals surface area (Å²) in [7, 11) is 0. The van der Waals surface area contributed by atoms with Crippen LogP contribution in [0.5, 0.6) is 0 Å². The van der Waals surface area contributed by atoms with Crippen LogP contribution in [0.15, 0.2) is 30.5 Å². The zero-order valence-corrected chi connectivity index (χ0v) is 19.3. The van der Waals surface area contributed by atoms with Gasteiger partial charge in [0, 0.05) is 48.2 Å². The lowest BCUT2D eigenvalue weighted by Crippen LogP contribution is -2.39. The molecule has 3 aromatic rings. The summed E-state index contributed by atoms with van der Waals surface area (Å²) >= 11 is 6.14. The van der Waals surface area contributed by atoms with Crippen molar-refractivity contribution in [2.45, 2.75) is 38.6 Å². The minimum atomic E-state index is -0.148.